The highest BCUT2D eigenvalue weighted by Crippen LogP contribution is 2.20. The molecule has 1 saturated heterocycles. The molecule has 0 aliphatic carbocycles. The Balaban J connectivity index is 2.63. The molecule has 0 unspecified atom stereocenters. The van der Waals surface area contributed by atoms with Crippen molar-refractivity contribution in [3.8, 4) is 0 Å². The summed E-state index contributed by atoms with van der Waals surface area (Å²) < 4.78 is 17.5. The van der Waals surface area contributed by atoms with Crippen LogP contribution in [0.25, 0.3) is 0 Å². The summed E-state index contributed by atoms with van der Waals surface area (Å²) in [6.07, 6.45) is -5.78. The molecule has 0 aromatic carbocycles. The topological polar surface area (TPSA) is 95.9 Å². The molecule has 0 spiro atoms. The third kappa shape index (κ3) is 1.57. The van der Waals surface area contributed by atoms with Crippen molar-refractivity contribution in [3.05, 3.63) is 0 Å². The van der Waals surface area contributed by atoms with E-state index in [4.69, 9.17) is 21.1 Å². The average Bonchev–Trinajstić information content (AvgIpc) is 2.08. The molecule has 0 aromatic heterocycles. The van der Waals surface area contributed by atoms with Crippen molar-refractivity contribution in [2.75, 3.05) is 6.61 Å². The predicted molar refractivity (Wildman–Crippen MR) is 36.8 cm³/mol. The zero-order valence-electron chi connectivity index (χ0n) is 6.30. The average molecular weight is 181 g/mol. The van der Waals surface area contributed by atoms with Crippen LogP contribution in [0.1, 0.15) is 0 Å². The number of aliphatic hydroxyl groups excluding tert-OH is 3. The molecular weight excluding hydrogens is 169 g/mol. The van der Waals surface area contributed by atoms with Crippen molar-refractivity contribution in [3.63, 3.8) is 0 Å². The SMILES string of the molecule is N[C@@H]1[C@@H](O)[C@@H](O)O[C@H](CO)[C@@H]1F. The van der Waals surface area contributed by atoms with Gasteiger partial charge in [0.05, 0.1) is 12.6 Å². The van der Waals surface area contributed by atoms with Gasteiger partial charge in [-0.3, -0.25) is 0 Å². The molecule has 5 nitrogen and oxygen atoms in total. The van der Waals surface area contributed by atoms with Crippen molar-refractivity contribution in [1.82, 2.24) is 0 Å². The van der Waals surface area contributed by atoms with Crippen LogP contribution < -0.4 is 5.73 Å². The van der Waals surface area contributed by atoms with E-state index < -0.39 is 37.3 Å². The van der Waals surface area contributed by atoms with Gasteiger partial charge in [-0.05, 0) is 0 Å². The van der Waals surface area contributed by atoms with Crippen molar-refractivity contribution >= 4 is 0 Å². The second kappa shape index (κ2) is 3.63. The van der Waals surface area contributed by atoms with Crippen LogP contribution in [0.5, 0.6) is 0 Å². The minimum Gasteiger partial charge on any atom is -0.394 e. The Morgan fingerprint density at radius 1 is 1.42 bits per heavy atom. The van der Waals surface area contributed by atoms with Gasteiger partial charge in [-0.2, -0.15) is 0 Å². The summed E-state index contributed by atoms with van der Waals surface area (Å²) in [6.45, 7) is -0.571. The number of ether oxygens (including phenoxy) is 1. The van der Waals surface area contributed by atoms with Gasteiger partial charge in [-0.25, -0.2) is 4.39 Å². The van der Waals surface area contributed by atoms with Crippen molar-refractivity contribution in [2.45, 2.75) is 30.7 Å². The van der Waals surface area contributed by atoms with E-state index in [0.717, 1.165) is 0 Å². The molecule has 72 valence electrons. The molecule has 12 heavy (non-hydrogen) atoms. The molecule has 1 aliphatic heterocycles. The highest BCUT2D eigenvalue weighted by molar-refractivity contribution is 4.91. The first-order valence-electron chi connectivity index (χ1n) is 3.60. The smallest absolute Gasteiger partial charge is 0.183 e. The van der Waals surface area contributed by atoms with Crippen LogP contribution in [-0.2, 0) is 4.74 Å². The maximum absolute atomic E-state index is 13.0. The van der Waals surface area contributed by atoms with Crippen LogP contribution in [0.15, 0.2) is 0 Å². The first-order valence-corrected chi connectivity index (χ1v) is 3.60. The summed E-state index contributed by atoms with van der Waals surface area (Å²) in [5.41, 5.74) is 5.20. The largest absolute Gasteiger partial charge is 0.394 e. The number of hydrogen-bond acceptors (Lipinski definition) is 5. The Kier molecular flexibility index (Phi) is 2.97. The van der Waals surface area contributed by atoms with Crippen LogP contribution in [0.2, 0.25) is 0 Å². The fourth-order valence-corrected chi connectivity index (χ4v) is 1.10. The third-order valence-corrected chi connectivity index (χ3v) is 1.90. The molecule has 0 saturated carbocycles. The molecule has 1 fully saturated rings. The van der Waals surface area contributed by atoms with Gasteiger partial charge in [-0.1, -0.05) is 0 Å². The number of alkyl halides is 1. The van der Waals surface area contributed by atoms with E-state index in [2.05, 4.69) is 4.74 Å². The molecule has 1 rings (SSSR count). The van der Waals surface area contributed by atoms with Crippen molar-refractivity contribution < 1.29 is 24.4 Å². The molecule has 6 heteroatoms. The third-order valence-electron chi connectivity index (χ3n) is 1.90. The number of hydrogen-bond donors (Lipinski definition) is 4. The lowest BCUT2D eigenvalue weighted by atomic mass is 9.99. The molecular formula is C6H12FNO4. The van der Waals surface area contributed by atoms with E-state index in [1.807, 2.05) is 0 Å². The lowest BCUT2D eigenvalue weighted by molar-refractivity contribution is -0.247. The molecule has 0 amide bonds. The molecule has 1 aliphatic rings. The minimum absolute atomic E-state index is 0.571. The maximum atomic E-state index is 13.0. The molecule has 5 atom stereocenters. The van der Waals surface area contributed by atoms with Gasteiger partial charge in [0, 0.05) is 0 Å². The van der Waals surface area contributed by atoms with Crippen LogP contribution >= 0.6 is 0 Å². The first kappa shape index (κ1) is 9.82. The van der Waals surface area contributed by atoms with E-state index >= 15 is 0 Å². The van der Waals surface area contributed by atoms with Gasteiger partial charge in [0.15, 0.2) is 6.29 Å². The lowest BCUT2D eigenvalue weighted by Crippen LogP contribution is -2.60. The summed E-state index contributed by atoms with van der Waals surface area (Å²) in [7, 11) is 0. The highest BCUT2D eigenvalue weighted by Gasteiger charge is 2.42. The highest BCUT2D eigenvalue weighted by atomic mass is 19.1. The van der Waals surface area contributed by atoms with Gasteiger partial charge in [0.25, 0.3) is 0 Å². The van der Waals surface area contributed by atoms with Gasteiger partial charge < -0.3 is 25.8 Å². The summed E-state index contributed by atoms with van der Waals surface area (Å²) in [4.78, 5) is 0. The standard InChI is InChI=1S/C6H12FNO4/c7-3-2(1-9)12-6(11)5(10)4(3)8/h2-6,9-11H,1,8H2/t2-,3+,4+,5-,6+/m1/s1. The van der Waals surface area contributed by atoms with Crippen molar-refractivity contribution in [2.24, 2.45) is 5.73 Å². The number of rotatable bonds is 1. The van der Waals surface area contributed by atoms with Gasteiger partial charge >= 0.3 is 0 Å². The van der Waals surface area contributed by atoms with E-state index in [-0.39, 0.29) is 0 Å². The Hall–Kier alpha value is -0.270. The zero-order chi connectivity index (χ0) is 9.30. The summed E-state index contributed by atoms with van der Waals surface area (Å²) in [5.74, 6) is 0. The Labute approximate surface area is 68.6 Å². The van der Waals surface area contributed by atoms with E-state index in [1.54, 1.807) is 0 Å². The summed E-state index contributed by atoms with van der Waals surface area (Å²) in [6, 6.07) is -1.22. The van der Waals surface area contributed by atoms with E-state index in [9.17, 15) is 4.39 Å². The minimum atomic E-state index is -1.66. The number of nitrogens with two attached hydrogens (primary N) is 1. The zero-order valence-corrected chi connectivity index (χ0v) is 6.30. The number of aliphatic hydroxyl groups is 3. The normalized spacial score (nSPS) is 49.2. The second-order valence-corrected chi connectivity index (χ2v) is 2.76. The monoisotopic (exact) mass is 181 g/mol. The van der Waals surface area contributed by atoms with Gasteiger partial charge in [0.1, 0.15) is 18.4 Å². The van der Waals surface area contributed by atoms with Crippen LogP contribution in [0, 0.1) is 0 Å². The Bertz CT molecular complexity index is 154. The van der Waals surface area contributed by atoms with E-state index in [0.29, 0.717) is 0 Å². The summed E-state index contributed by atoms with van der Waals surface area (Å²) >= 11 is 0. The van der Waals surface area contributed by atoms with Crippen LogP contribution in [0.4, 0.5) is 4.39 Å². The van der Waals surface area contributed by atoms with Gasteiger partial charge in [-0.15, -0.1) is 0 Å². The lowest BCUT2D eigenvalue weighted by Gasteiger charge is -2.36. The molecule has 5 N–H and O–H groups in total. The first-order chi connectivity index (χ1) is 5.57. The Morgan fingerprint density at radius 2 is 2.00 bits per heavy atom. The maximum Gasteiger partial charge on any atom is 0.183 e. The fourth-order valence-electron chi connectivity index (χ4n) is 1.10. The van der Waals surface area contributed by atoms with Crippen LogP contribution in [0.3, 0.4) is 0 Å². The molecule has 0 bridgehead atoms. The predicted octanol–water partition coefficient (Wildman–Crippen LogP) is -2.28. The molecule has 0 aromatic rings. The van der Waals surface area contributed by atoms with Crippen LogP contribution in [-0.4, -0.2) is 52.6 Å². The fraction of sp³-hybridized carbons (Fsp3) is 1.00. The summed E-state index contributed by atoms with van der Waals surface area (Å²) in [5, 5.41) is 26.5. The van der Waals surface area contributed by atoms with Gasteiger partial charge in [0.2, 0.25) is 0 Å². The molecule has 1 heterocycles. The second-order valence-electron chi connectivity index (χ2n) is 2.76. The molecule has 0 radical (unpaired) electrons. The quantitative estimate of drug-likeness (QED) is 0.365. The van der Waals surface area contributed by atoms with Crippen molar-refractivity contribution in [1.29, 1.82) is 0 Å². The number of halogens is 1. The van der Waals surface area contributed by atoms with E-state index in [1.165, 1.54) is 0 Å². The Morgan fingerprint density at radius 3 is 2.50 bits per heavy atom.